The maximum Gasteiger partial charge on any atom is 0.302 e. The Hall–Kier alpha value is -3.55. The number of benzene rings is 3. The number of thioether (sulfide) groups is 1. The van der Waals surface area contributed by atoms with Crippen molar-refractivity contribution >= 4 is 57.0 Å². The normalized spacial score (nSPS) is 11.2. The molecular formula is C24H16ClN3O3S. The van der Waals surface area contributed by atoms with Crippen molar-refractivity contribution in [3.8, 4) is 5.69 Å². The second-order valence-electron chi connectivity index (χ2n) is 6.96. The molecule has 0 unspecified atom stereocenters. The highest BCUT2D eigenvalue weighted by Crippen LogP contribution is 2.29. The summed E-state index contributed by atoms with van der Waals surface area (Å²) in [7, 11) is 0. The SMILES string of the molecule is O=C(CSc1nc2c(oc3ccccc32)c(=O)n1-c1ccccc1)Nc1ccccc1Cl. The van der Waals surface area contributed by atoms with Crippen LogP contribution in [0.5, 0.6) is 0 Å². The molecule has 6 nitrogen and oxygen atoms in total. The molecule has 0 saturated heterocycles. The fourth-order valence-corrected chi connectivity index (χ4v) is 4.39. The molecule has 1 N–H and O–H groups in total. The quantitative estimate of drug-likeness (QED) is 0.275. The summed E-state index contributed by atoms with van der Waals surface area (Å²) in [6, 6.07) is 23.5. The lowest BCUT2D eigenvalue weighted by atomic mass is 10.2. The smallest absolute Gasteiger partial charge is 0.302 e. The average molecular weight is 462 g/mol. The average Bonchev–Trinajstić information content (AvgIpc) is 3.19. The van der Waals surface area contributed by atoms with Crippen molar-refractivity contribution in [3.63, 3.8) is 0 Å². The summed E-state index contributed by atoms with van der Waals surface area (Å²) in [5.74, 6) is -0.208. The topological polar surface area (TPSA) is 77.1 Å². The molecule has 2 heterocycles. The van der Waals surface area contributed by atoms with Gasteiger partial charge >= 0.3 is 5.56 Å². The van der Waals surface area contributed by atoms with Crippen LogP contribution < -0.4 is 10.9 Å². The number of furan rings is 1. The van der Waals surface area contributed by atoms with E-state index in [2.05, 4.69) is 5.32 Å². The van der Waals surface area contributed by atoms with Crippen LogP contribution in [0.3, 0.4) is 0 Å². The number of anilines is 1. The largest absolute Gasteiger partial charge is 0.448 e. The molecule has 0 bridgehead atoms. The highest BCUT2D eigenvalue weighted by molar-refractivity contribution is 7.99. The Kier molecular flexibility index (Phi) is 5.43. The van der Waals surface area contributed by atoms with Gasteiger partial charge in [-0.25, -0.2) is 4.98 Å². The van der Waals surface area contributed by atoms with Crippen molar-refractivity contribution in [3.05, 3.63) is 94.2 Å². The third kappa shape index (κ3) is 3.77. The zero-order valence-corrected chi connectivity index (χ0v) is 18.2. The maximum absolute atomic E-state index is 13.4. The van der Waals surface area contributed by atoms with E-state index in [-0.39, 0.29) is 22.8 Å². The minimum absolute atomic E-state index is 0.0474. The number of rotatable bonds is 5. The number of para-hydroxylation sites is 3. The molecular weight excluding hydrogens is 446 g/mol. The van der Waals surface area contributed by atoms with Gasteiger partial charge in [-0.1, -0.05) is 65.8 Å². The first-order valence-electron chi connectivity index (χ1n) is 9.79. The van der Waals surface area contributed by atoms with Crippen LogP contribution in [0.1, 0.15) is 0 Å². The first-order chi connectivity index (χ1) is 15.6. The lowest BCUT2D eigenvalue weighted by molar-refractivity contribution is -0.113. The van der Waals surface area contributed by atoms with Crippen molar-refractivity contribution in [2.75, 3.05) is 11.1 Å². The van der Waals surface area contributed by atoms with E-state index < -0.39 is 0 Å². The monoisotopic (exact) mass is 461 g/mol. The van der Waals surface area contributed by atoms with E-state index in [1.807, 2.05) is 48.5 Å². The number of carbonyl (C=O) groups is 1. The summed E-state index contributed by atoms with van der Waals surface area (Å²) < 4.78 is 7.29. The van der Waals surface area contributed by atoms with Gasteiger partial charge in [0.25, 0.3) is 0 Å². The fraction of sp³-hybridized carbons (Fsp3) is 0.0417. The molecule has 3 aromatic carbocycles. The number of amides is 1. The molecule has 0 spiro atoms. The second-order valence-corrected chi connectivity index (χ2v) is 8.31. The van der Waals surface area contributed by atoms with Crippen LogP contribution in [-0.2, 0) is 4.79 Å². The Morgan fingerprint density at radius 1 is 1.00 bits per heavy atom. The first-order valence-corrected chi connectivity index (χ1v) is 11.1. The predicted molar refractivity (Wildman–Crippen MR) is 128 cm³/mol. The third-order valence-corrected chi connectivity index (χ3v) is 6.13. The Morgan fingerprint density at radius 3 is 2.53 bits per heavy atom. The summed E-state index contributed by atoms with van der Waals surface area (Å²) in [5, 5.41) is 4.40. The Morgan fingerprint density at radius 2 is 1.72 bits per heavy atom. The van der Waals surface area contributed by atoms with Crippen molar-refractivity contribution in [1.82, 2.24) is 9.55 Å². The molecule has 0 aliphatic carbocycles. The highest BCUT2D eigenvalue weighted by atomic mass is 35.5. The summed E-state index contributed by atoms with van der Waals surface area (Å²) in [6.07, 6.45) is 0. The molecule has 2 aromatic heterocycles. The number of hydrogen-bond acceptors (Lipinski definition) is 5. The van der Waals surface area contributed by atoms with E-state index in [1.54, 1.807) is 30.3 Å². The number of carbonyl (C=O) groups excluding carboxylic acids is 1. The highest BCUT2D eigenvalue weighted by Gasteiger charge is 2.19. The van der Waals surface area contributed by atoms with E-state index in [4.69, 9.17) is 21.0 Å². The van der Waals surface area contributed by atoms with Crippen LogP contribution in [0.25, 0.3) is 27.8 Å². The van der Waals surface area contributed by atoms with Crippen molar-refractivity contribution < 1.29 is 9.21 Å². The van der Waals surface area contributed by atoms with Crippen LogP contribution in [0.2, 0.25) is 5.02 Å². The van der Waals surface area contributed by atoms with Gasteiger partial charge in [-0.3, -0.25) is 14.2 Å². The van der Waals surface area contributed by atoms with Gasteiger partial charge in [0.05, 0.1) is 22.2 Å². The van der Waals surface area contributed by atoms with Crippen LogP contribution >= 0.6 is 23.4 Å². The molecule has 0 saturated carbocycles. The van der Waals surface area contributed by atoms with Gasteiger partial charge < -0.3 is 9.73 Å². The first kappa shape index (κ1) is 20.4. The van der Waals surface area contributed by atoms with Crippen molar-refractivity contribution in [2.45, 2.75) is 5.16 Å². The number of halogens is 1. The van der Waals surface area contributed by atoms with Crippen LogP contribution in [-0.4, -0.2) is 21.2 Å². The Labute approximate surface area is 191 Å². The molecule has 158 valence electrons. The number of hydrogen-bond donors (Lipinski definition) is 1. The second kappa shape index (κ2) is 8.53. The molecule has 0 radical (unpaired) electrons. The van der Waals surface area contributed by atoms with Gasteiger partial charge in [-0.15, -0.1) is 0 Å². The van der Waals surface area contributed by atoms with E-state index in [0.29, 0.717) is 32.7 Å². The molecule has 1 amide bonds. The van der Waals surface area contributed by atoms with Crippen molar-refractivity contribution in [1.29, 1.82) is 0 Å². The molecule has 0 atom stereocenters. The van der Waals surface area contributed by atoms with E-state index in [1.165, 1.54) is 16.3 Å². The lowest BCUT2D eigenvalue weighted by Crippen LogP contribution is -2.22. The number of nitrogens with zero attached hydrogens (tertiary/aromatic N) is 2. The van der Waals surface area contributed by atoms with E-state index >= 15 is 0 Å². The minimum Gasteiger partial charge on any atom is -0.448 e. The van der Waals surface area contributed by atoms with Gasteiger partial charge in [0.2, 0.25) is 11.5 Å². The summed E-state index contributed by atoms with van der Waals surface area (Å²) >= 11 is 7.30. The maximum atomic E-state index is 13.4. The van der Waals surface area contributed by atoms with Crippen LogP contribution in [0.15, 0.2) is 93.2 Å². The number of aromatic nitrogens is 2. The fourth-order valence-electron chi connectivity index (χ4n) is 3.40. The van der Waals surface area contributed by atoms with Crippen molar-refractivity contribution in [2.24, 2.45) is 0 Å². The predicted octanol–water partition coefficient (Wildman–Crippen LogP) is 5.52. The Balaban J connectivity index is 1.56. The zero-order valence-electron chi connectivity index (χ0n) is 16.6. The number of fused-ring (bicyclic) bond motifs is 3. The molecule has 0 aliphatic rings. The van der Waals surface area contributed by atoms with E-state index in [9.17, 15) is 9.59 Å². The molecule has 32 heavy (non-hydrogen) atoms. The van der Waals surface area contributed by atoms with Gasteiger partial charge in [0.1, 0.15) is 11.1 Å². The molecule has 5 rings (SSSR count). The molecule has 0 fully saturated rings. The molecule has 0 aliphatic heterocycles. The molecule has 8 heteroatoms. The Bertz CT molecular complexity index is 1510. The summed E-state index contributed by atoms with van der Waals surface area (Å²) in [4.78, 5) is 30.7. The lowest BCUT2D eigenvalue weighted by Gasteiger charge is -2.12. The van der Waals surface area contributed by atoms with Crippen LogP contribution in [0, 0.1) is 0 Å². The van der Waals surface area contributed by atoms with Gasteiger partial charge in [0.15, 0.2) is 5.16 Å². The zero-order chi connectivity index (χ0) is 22.1. The van der Waals surface area contributed by atoms with E-state index in [0.717, 1.165) is 5.39 Å². The summed E-state index contributed by atoms with van der Waals surface area (Å²) in [5.41, 5.74) is 2.09. The number of nitrogens with one attached hydrogen (secondary N) is 1. The minimum atomic E-state index is -0.327. The third-order valence-electron chi connectivity index (χ3n) is 4.86. The van der Waals surface area contributed by atoms with Gasteiger partial charge in [-0.05, 0) is 36.4 Å². The summed E-state index contributed by atoms with van der Waals surface area (Å²) in [6.45, 7) is 0. The van der Waals surface area contributed by atoms with Gasteiger partial charge in [-0.2, -0.15) is 0 Å². The van der Waals surface area contributed by atoms with Crippen LogP contribution in [0.4, 0.5) is 5.69 Å². The van der Waals surface area contributed by atoms with Gasteiger partial charge in [0, 0.05) is 5.39 Å². The molecule has 5 aromatic rings. The standard InChI is InChI=1S/C24H16ClN3O3S/c25-17-11-5-6-12-18(17)26-20(29)14-32-24-27-21-16-10-4-7-13-19(16)31-22(21)23(30)28(24)15-8-2-1-3-9-15/h1-13H,14H2,(H,26,29).